The van der Waals surface area contributed by atoms with Crippen molar-refractivity contribution >= 4 is 0 Å². The number of likely N-dealkylation sites (N-methyl/N-ethyl adjacent to an activating group) is 1. The molecule has 4 aromatic carbocycles. The SMILES string of the molecule is CN(C)C(c1ccccc1)(c1ccccc1)[C@@H]1OC(C)(C)O[C@H]1C(O)(c1ccccc1)c1ccccc1. The number of benzene rings is 4. The van der Waals surface area contributed by atoms with E-state index in [2.05, 4.69) is 43.3 Å². The maximum Gasteiger partial charge on any atom is 0.164 e. The van der Waals surface area contributed by atoms with Gasteiger partial charge in [0, 0.05) is 0 Å². The third-order valence-corrected chi connectivity index (χ3v) is 7.48. The number of hydrogen-bond acceptors (Lipinski definition) is 4. The van der Waals surface area contributed by atoms with Crippen molar-refractivity contribution in [2.75, 3.05) is 14.1 Å². The highest BCUT2D eigenvalue weighted by molar-refractivity contribution is 5.45. The zero-order valence-electron chi connectivity index (χ0n) is 21.9. The summed E-state index contributed by atoms with van der Waals surface area (Å²) in [6, 6.07) is 40.3. The summed E-state index contributed by atoms with van der Waals surface area (Å²) in [5.41, 5.74) is 1.39. The van der Waals surface area contributed by atoms with E-state index >= 15 is 0 Å². The van der Waals surface area contributed by atoms with Crippen LogP contribution in [0.4, 0.5) is 0 Å². The Morgan fingerprint density at radius 2 is 0.892 bits per heavy atom. The second-order valence-corrected chi connectivity index (χ2v) is 10.4. The van der Waals surface area contributed by atoms with Crippen LogP contribution in [-0.2, 0) is 20.6 Å². The van der Waals surface area contributed by atoms with Gasteiger partial charge in [0.2, 0.25) is 0 Å². The summed E-state index contributed by atoms with van der Waals surface area (Å²) >= 11 is 0. The molecule has 1 N–H and O–H groups in total. The first-order valence-electron chi connectivity index (χ1n) is 12.8. The van der Waals surface area contributed by atoms with E-state index in [1.807, 2.05) is 111 Å². The average Bonchev–Trinajstić information content (AvgIpc) is 3.26. The maximum atomic E-state index is 12.9. The van der Waals surface area contributed by atoms with Gasteiger partial charge in [0.1, 0.15) is 23.3 Å². The van der Waals surface area contributed by atoms with Gasteiger partial charge in [0.05, 0.1) is 0 Å². The Morgan fingerprint density at radius 1 is 0.568 bits per heavy atom. The molecule has 2 atom stereocenters. The minimum atomic E-state index is -1.48. The van der Waals surface area contributed by atoms with Crippen molar-refractivity contribution in [2.24, 2.45) is 0 Å². The lowest BCUT2D eigenvalue weighted by atomic mass is 9.69. The van der Waals surface area contributed by atoms with E-state index in [0.29, 0.717) is 0 Å². The summed E-state index contributed by atoms with van der Waals surface area (Å²) in [6.07, 6.45) is -1.32. The second-order valence-electron chi connectivity index (χ2n) is 10.4. The van der Waals surface area contributed by atoms with Gasteiger partial charge < -0.3 is 14.6 Å². The lowest BCUT2D eigenvalue weighted by Crippen LogP contribution is -2.60. The first kappa shape index (κ1) is 25.4. The van der Waals surface area contributed by atoms with Crippen LogP contribution in [0.25, 0.3) is 0 Å². The molecular formula is C33H35NO3. The molecule has 4 heteroatoms. The van der Waals surface area contributed by atoms with Crippen LogP contribution < -0.4 is 0 Å². The summed E-state index contributed by atoms with van der Waals surface area (Å²) in [4.78, 5) is 2.19. The van der Waals surface area contributed by atoms with Gasteiger partial charge in [-0.2, -0.15) is 0 Å². The topological polar surface area (TPSA) is 41.9 Å². The normalized spacial score (nSPS) is 19.7. The highest BCUT2D eigenvalue weighted by Gasteiger charge is 2.62. The van der Waals surface area contributed by atoms with Gasteiger partial charge >= 0.3 is 0 Å². The molecule has 0 saturated carbocycles. The molecule has 1 fully saturated rings. The zero-order valence-corrected chi connectivity index (χ0v) is 21.9. The molecule has 1 aliphatic heterocycles. The van der Waals surface area contributed by atoms with E-state index in [1.54, 1.807) is 0 Å². The molecule has 1 aliphatic rings. The Morgan fingerprint density at radius 3 is 1.24 bits per heavy atom. The standard InChI is InChI=1S/C33H35NO3/c1-31(2)36-29(32(34(3)4,25-17-9-5-10-18-25)26-19-11-6-12-20-26)30(37-31)33(35,27-21-13-7-14-22-27)28-23-15-8-16-24-28/h5-24,29-30,35H,1-4H3/t29-,30-/m1/s1. The van der Waals surface area contributed by atoms with Gasteiger partial charge in [-0.15, -0.1) is 0 Å². The van der Waals surface area contributed by atoms with Gasteiger partial charge in [-0.3, -0.25) is 4.90 Å². The van der Waals surface area contributed by atoms with Crippen LogP contribution >= 0.6 is 0 Å². The van der Waals surface area contributed by atoms with Crippen molar-refractivity contribution in [1.29, 1.82) is 0 Å². The number of hydrogen-bond donors (Lipinski definition) is 1. The van der Waals surface area contributed by atoms with Crippen LogP contribution in [0.5, 0.6) is 0 Å². The van der Waals surface area contributed by atoms with Crippen molar-refractivity contribution < 1.29 is 14.6 Å². The smallest absolute Gasteiger partial charge is 0.164 e. The second kappa shape index (κ2) is 9.88. The van der Waals surface area contributed by atoms with Crippen molar-refractivity contribution in [3.8, 4) is 0 Å². The molecule has 0 aromatic heterocycles. The molecule has 0 bridgehead atoms. The maximum absolute atomic E-state index is 12.9. The first-order valence-corrected chi connectivity index (χ1v) is 12.8. The molecule has 0 spiro atoms. The van der Waals surface area contributed by atoms with Crippen LogP contribution in [0, 0.1) is 0 Å². The van der Waals surface area contributed by atoms with E-state index < -0.39 is 29.1 Å². The zero-order chi connectivity index (χ0) is 26.1. The quantitative estimate of drug-likeness (QED) is 0.346. The minimum absolute atomic E-state index is 0.576. The third kappa shape index (κ3) is 4.30. The van der Waals surface area contributed by atoms with E-state index in [-0.39, 0.29) is 0 Å². The molecule has 1 saturated heterocycles. The monoisotopic (exact) mass is 493 g/mol. The van der Waals surface area contributed by atoms with Gasteiger partial charge in [0.15, 0.2) is 5.79 Å². The van der Waals surface area contributed by atoms with Crippen molar-refractivity contribution in [3.05, 3.63) is 144 Å². The summed E-state index contributed by atoms with van der Waals surface area (Å²) in [5.74, 6) is -0.933. The largest absolute Gasteiger partial charge is 0.378 e. The molecular weight excluding hydrogens is 458 g/mol. The Hall–Kier alpha value is -3.28. The van der Waals surface area contributed by atoms with E-state index in [4.69, 9.17) is 9.47 Å². The van der Waals surface area contributed by atoms with Gasteiger partial charge in [0.25, 0.3) is 0 Å². The summed E-state index contributed by atoms with van der Waals surface area (Å²) in [7, 11) is 4.13. The van der Waals surface area contributed by atoms with Gasteiger partial charge in [-0.1, -0.05) is 121 Å². The molecule has 0 unspecified atom stereocenters. The highest BCUT2D eigenvalue weighted by atomic mass is 16.8. The lowest BCUT2D eigenvalue weighted by molar-refractivity contribution is -0.168. The van der Waals surface area contributed by atoms with E-state index in [1.165, 1.54) is 0 Å². The van der Waals surface area contributed by atoms with E-state index in [0.717, 1.165) is 22.3 Å². The van der Waals surface area contributed by atoms with Crippen molar-refractivity contribution in [3.63, 3.8) is 0 Å². The highest BCUT2D eigenvalue weighted by Crippen LogP contribution is 2.51. The van der Waals surface area contributed by atoms with Crippen LogP contribution in [0.3, 0.4) is 0 Å². The summed E-state index contributed by atoms with van der Waals surface area (Å²) in [5, 5.41) is 12.9. The Bertz CT molecular complexity index is 1210. The molecule has 1 heterocycles. The Balaban J connectivity index is 1.82. The predicted octanol–water partition coefficient (Wildman–Crippen LogP) is 5.95. The fourth-order valence-electron chi connectivity index (χ4n) is 5.90. The molecule has 0 radical (unpaired) electrons. The third-order valence-electron chi connectivity index (χ3n) is 7.48. The van der Waals surface area contributed by atoms with Gasteiger partial charge in [-0.25, -0.2) is 0 Å². The molecule has 5 rings (SSSR count). The minimum Gasteiger partial charge on any atom is -0.378 e. The summed E-state index contributed by atoms with van der Waals surface area (Å²) in [6.45, 7) is 3.85. The predicted molar refractivity (Wildman–Crippen MR) is 147 cm³/mol. The summed E-state index contributed by atoms with van der Waals surface area (Å²) < 4.78 is 13.6. The van der Waals surface area contributed by atoms with E-state index in [9.17, 15) is 5.11 Å². The van der Waals surface area contributed by atoms with Crippen molar-refractivity contribution in [2.45, 2.75) is 43.0 Å². The number of ether oxygens (including phenoxy) is 2. The molecule has 4 nitrogen and oxygen atoms in total. The Labute approximate surface area is 220 Å². The number of rotatable bonds is 7. The first-order chi connectivity index (χ1) is 17.8. The molecule has 0 amide bonds. The average molecular weight is 494 g/mol. The van der Waals surface area contributed by atoms with Crippen molar-refractivity contribution in [1.82, 2.24) is 4.90 Å². The molecule has 190 valence electrons. The van der Waals surface area contributed by atoms with Crippen LogP contribution in [0.15, 0.2) is 121 Å². The van der Waals surface area contributed by atoms with Gasteiger partial charge in [-0.05, 0) is 50.2 Å². The number of aliphatic hydroxyl groups is 1. The van der Waals surface area contributed by atoms with Crippen LogP contribution in [0.2, 0.25) is 0 Å². The fourth-order valence-corrected chi connectivity index (χ4v) is 5.90. The molecule has 4 aromatic rings. The molecule has 0 aliphatic carbocycles. The van der Waals surface area contributed by atoms with Crippen LogP contribution in [0.1, 0.15) is 36.1 Å². The Kier molecular flexibility index (Phi) is 6.78. The van der Waals surface area contributed by atoms with Crippen LogP contribution in [-0.4, -0.2) is 42.1 Å². The number of nitrogens with zero attached hydrogens (tertiary/aromatic N) is 1. The fraction of sp³-hybridized carbons (Fsp3) is 0.273. The lowest BCUT2D eigenvalue weighted by Gasteiger charge is -2.49. The molecule has 37 heavy (non-hydrogen) atoms.